The number of nitrogens with two attached hydrogens (primary N) is 1. The van der Waals surface area contributed by atoms with E-state index in [2.05, 4.69) is 10.3 Å². The number of aromatic nitrogens is 1. The Balaban J connectivity index is 1.60. The molecule has 1 spiro atoms. The molecule has 1 aliphatic carbocycles. The first-order valence-corrected chi connectivity index (χ1v) is 9.94. The van der Waals surface area contributed by atoms with Crippen molar-refractivity contribution in [3.8, 4) is 0 Å². The Morgan fingerprint density at radius 3 is 2.45 bits per heavy atom. The molecular formula is C19H16F3N5O3S. The quantitative estimate of drug-likeness (QED) is 0.533. The first-order chi connectivity index (χ1) is 14.6. The molecular weight excluding hydrogens is 435 g/mol. The molecule has 4 rings (SSSR count). The van der Waals surface area contributed by atoms with E-state index in [4.69, 9.17) is 5.73 Å². The molecule has 1 aliphatic heterocycles. The lowest BCUT2D eigenvalue weighted by Crippen LogP contribution is -2.36. The van der Waals surface area contributed by atoms with E-state index < -0.39 is 29.0 Å². The highest BCUT2D eigenvalue weighted by Crippen LogP contribution is 2.50. The maximum atomic E-state index is 13.1. The van der Waals surface area contributed by atoms with Crippen molar-refractivity contribution in [1.29, 1.82) is 0 Å². The molecule has 0 radical (unpaired) electrons. The largest absolute Gasteiger partial charge is 0.446 e. The number of rotatable bonds is 5. The van der Waals surface area contributed by atoms with E-state index in [9.17, 15) is 27.6 Å². The number of halogens is 3. The van der Waals surface area contributed by atoms with E-state index in [1.54, 1.807) is 6.07 Å². The second kappa shape index (κ2) is 7.45. The Morgan fingerprint density at radius 2 is 1.87 bits per heavy atom. The SMILES string of the molecule is NC(=O)Nc1cnccc1CN1C(=O)N(c2ccc(SC(F)(F)F)cc2)C(=O)C12CC2. The Hall–Kier alpha value is -3.28. The van der Waals surface area contributed by atoms with Gasteiger partial charge in [0.05, 0.1) is 24.1 Å². The number of carbonyl (C=O) groups excluding carboxylic acids is 3. The summed E-state index contributed by atoms with van der Waals surface area (Å²) in [5, 5.41) is 2.43. The van der Waals surface area contributed by atoms with Gasteiger partial charge in [0.2, 0.25) is 0 Å². The van der Waals surface area contributed by atoms with Crippen LogP contribution in [-0.4, -0.2) is 38.9 Å². The van der Waals surface area contributed by atoms with Gasteiger partial charge >= 0.3 is 17.6 Å². The average Bonchev–Trinajstić information content (AvgIpc) is 3.45. The normalized spacial score (nSPS) is 17.4. The number of benzene rings is 1. The van der Waals surface area contributed by atoms with Crippen LogP contribution in [0.2, 0.25) is 0 Å². The smallest absolute Gasteiger partial charge is 0.351 e. The number of hydrogen-bond acceptors (Lipinski definition) is 5. The van der Waals surface area contributed by atoms with Crippen LogP contribution in [0.4, 0.5) is 34.1 Å². The minimum absolute atomic E-state index is 0.0290. The molecule has 2 heterocycles. The summed E-state index contributed by atoms with van der Waals surface area (Å²) in [5.41, 5.74) is 0.796. The van der Waals surface area contributed by atoms with Crippen LogP contribution < -0.4 is 16.0 Å². The number of anilines is 2. The number of alkyl halides is 3. The molecule has 5 amide bonds. The predicted octanol–water partition coefficient (Wildman–Crippen LogP) is 3.69. The maximum Gasteiger partial charge on any atom is 0.446 e. The zero-order valence-electron chi connectivity index (χ0n) is 15.8. The Kier molecular flexibility index (Phi) is 5.04. The summed E-state index contributed by atoms with van der Waals surface area (Å²) < 4.78 is 37.6. The second-order valence-electron chi connectivity index (χ2n) is 7.10. The summed E-state index contributed by atoms with van der Waals surface area (Å²) in [5.74, 6) is -0.424. The van der Waals surface area contributed by atoms with Crippen molar-refractivity contribution in [1.82, 2.24) is 9.88 Å². The number of carbonyl (C=O) groups is 3. The van der Waals surface area contributed by atoms with Gasteiger partial charge in [-0.2, -0.15) is 13.2 Å². The third-order valence-corrected chi connectivity index (χ3v) is 5.83. The van der Waals surface area contributed by atoms with Crippen molar-refractivity contribution in [3.05, 3.63) is 48.3 Å². The molecule has 0 bridgehead atoms. The van der Waals surface area contributed by atoms with Crippen molar-refractivity contribution in [2.75, 3.05) is 10.2 Å². The van der Waals surface area contributed by atoms with E-state index >= 15 is 0 Å². The van der Waals surface area contributed by atoms with Crippen LogP contribution in [0, 0.1) is 0 Å². The summed E-state index contributed by atoms with van der Waals surface area (Å²) in [6.45, 7) is 0.0290. The highest BCUT2D eigenvalue weighted by Gasteiger charge is 2.65. The molecule has 1 saturated carbocycles. The monoisotopic (exact) mass is 451 g/mol. The standard InChI is InChI=1S/C19H16F3N5O3S/c20-19(21,22)31-13-3-1-12(2-4-13)27-15(28)18(6-7-18)26(17(27)30)10-11-5-8-24-9-14(11)25-16(23)29/h1-5,8-9H,6-7,10H2,(H3,23,25,29). The second-order valence-corrected chi connectivity index (χ2v) is 8.24. The van der Waals surface area contributed by atoms with Gasteiger partial charge in [0.25, 0.3) is 5.91 Å². The van der Waals surface area contributed by atoms with Crippen LogP contribution in [0.15, 0.2) is 47.6 Å². The summed E-state index contributed by atoms with van der Waals surface area (Å²) in [6.07, 6.45) is 3.81. The number of thioether (sulfide) groups is 1. The molecule has 1 saturated heterocycles. The lowest BCUT2D eigenvalue weighted by molar-refractivity contribution is -0.120. The maximum absolute atomic E-state index is 13.1. The van der Waals surface area contributed by atoms with Crippen molar-refractivity contribution in [2.45, 2.75) is 35.3 Å². The van der Waals surface area contributed by atoms with Crippen LogP contribution in [-0.2, 0) is 11.3 Å². The molecule has 162 valence electrons. The summed E-state index contributed by atoms with van der Waals surface area (Å²) in [6, 6.07) is 5.29. The van der Waals surface area contributed by atoms with Crippen LogP contribution in [0.1, 0.15) is 18.4 Å². The van der Waals surface area contributed by atoms with Gasteiger partial charge in [-0.3, -0.25) is 9.78 Å². The minimum Gasteiger partial charge on any atom is -0.351 e. The van der Waals surface area contributed by atoms with Gasteiger partial charge in [-0.15, -0.1) is 0 Å². The summed E-state index contributed by atoms with van der Waals surface area (Å²) >= 11 is -0.275. The van der Waals surface area contributed by atoms with Gasteiger partial charge in [0.1, 0.15) is 5.54 Å². The number of amides is 5. The molecule has 8 nitrogen and oxygen atoms in total. The third kappa shape index (κ3) is 4.02. The summed E-state index contributed by atoms with van der Waals surface area (Å²) in [7, 11) is 0. The van der Waals surface area contributed by atoms with Crippen LogP contribution in [0.5, 0.6) is 0 Å². The number of urea groups is 2. The van der Waals surface area contributed by atoms with Gasteiger partial charge in [0.15, 0.2) is 0 Å². The predicted molar refractivity (Wildman–Crippen MR) is 106 cm³/mol. The Bertz CT molecular complexity index is 1060. The highest BCUT2D eigenvalue weighted by atomic mass is 32.2. The molecule has 0 atom stereocenters. The fourth-order valence-electron chi connectivity index (χ4n) is 3.54. The van der Waals surface area contributed by atoms with E-state index in [0.29, 0.717) is 24.1 Å². The van der Waals surface area contributed by atoms with Crippen LogP contribution in [0.25, 0.3) is 0 Å². The Labute approximate surface area is 178 Å². The number of primary amides is 1. The fourth-order valence-corrected chi connectivity index (χ4v) is 4.08. The average molecular weight is 451 g/mol. The van der Waals surface area contributed by atoms with Crippen molar-refractivity contribution < 1.29 is 27.6 Å². The molecule has 2 aromatic rings. The van der Waals surface area contributed by atoms with Crippen LogP contribution in [0.3, 0.4) is 0 Å². The van der Waals surface area contributed by atoms with Gasteiger partial charge in [-0.1, -0.05) is 0 Å². The number of nitrogens with one attached hydrogen (secondary N) is 1. The van der Waals surface area contributed by atoms with Crippen LogP contribution >= 0.6 is 11.8 Å². The van der Waals surface area contributed by atoms with Gasteiger partial charge in [-0.25, -0.2) is 14.5 Å². The van der Waals surface area contributed by atoms with Gasteiger partial charge in [0, 0.05) is 11.1 Å². The minimum atomic E-state index is -4.43. The molecule has 1 aromatic heterocycles. The van der Waals surface area contributed by atoms with E-state index in [1.165, 1.54) is 41.6 Å². The van der Waals surface area contributed by atoms with E-state index in [0.717, 1.165) is 4.90 Å². The van der Waals surface area contributed by atoms with E-state index in [-0.39, 0.29) is 28.9 Å². The molecule has 1 aromatic carbocycles. The zero-order valence-corrected chi connectivity index (χ0v) is 16.7. The highest BCUT2D eigenvalue weighted by molar-refractivity contribution is 8.00. The number of pyridine rings is 1. The molecule has 0 unspecified atom stereocenters. The summed E-state index contributed by atoms with van der Waals surface area (Å²) in [4.78, 5) is 43.7. The van der Waals surface area contributed by atoms with Crippen molar-refractivity contribution in [3.63, 3.8) is 0 Å². The van der Waals surface area contributed by atoms with Crippen molar-refractivity contribution in [2.24, 2.45) is 5.73 Å². The van der Waals surface area contributed by atoms with Crippen molar-refractivity contribution >= 4 is 41.1 Å². The molecule has 3 N–H and O–H groups in total. The molecule has 2 fully saturated rings. The lowest BCUT2D eigenvalue weighted by Gasteiger charge is -2.22. The number of hydrogen-bond donors (Lipinski definition) is 2. The number of imide groups is 1. The molecule has 31 heavy (non-hydrogen) atoms. The third-order valence-electron chi connectivity index (χ3n) is 5.09. The Morgan fingerprint density at radius 1 is 1.19 bits per heavy atom. The lowest BCUT2D eigenvalue weighted by atomic mass is 10.1. The van der Waals surface area contributed by atoms with Gasteiger partial charge < -0.3 is 16.0 Å². The first-order valence-electron chi connectivity index (χ1n) is 9.12. The fraction of sp³-hybridized carbons (Fsp3) is 0.263. The van der Waals surface area contributed by atoms with E-state index in [1.807, 2.05) is 0 Å². The molecule has 12 heteroatoms. The zero-order chi connectivity index (χ0) is 22.4. The number of nitrogens with zero attached hydrogens (tertiary/aromatic N) is 3. The topological polar surface area (TPSA) is 109 Å². The molecule has 2 aliphatic rings. The van der Waals surface area contributed by atoms with Gasteiger partial charge in [-0.05, 0) is 60.5 Å². The first kappa shape index (κ1) is 21.0.